The maximum absolute atomic E-state index is 11.3. The van der Waals surface area contributed by atoms with E-state index in [0.29, 0.717) is 0 Å². The zero-order chi connectivity index (χ0) is 10.3. The molecule has 1 aromatic heterocycles. The summed E-state index contributed by atoms with van der Waals surface area (Å²) in [6.07, 6.45) is -0.0951. The molecule has 0 atom stereocenters. The van der Waals surface area contributed by atoms with Crippen LogP contribution < -0.4 is 17.0 Å². The first-order valence-corrected chi connectivity index (χ1v) is 3.81. The Kier molecular flexibility index (Phi) is 1.60. The van der Waals surface area contributed by atoms with Gasteiger partial charge in [0.05, 0.1) is 6.42 Å². The summed E-state index contributed by atoms with van der Waals surface area (Å²) in [4.78, 5) is 41.3. The highest BCUT2D eigenvalue weighted by Gasteiger charge is 2.22. The summed E-state index contributed by atoms with van der Waals surface area (Å²) in [5.74, 6) is -0.416. The minimum atomic E-state index is -0.731. The maximum Gasteiger partial charge on any atom is 0.327 e. The molecule has 1 aromatic rings. The third kappa shape index (κ3) is 1.15. The smallest absolute Gasteiger partial charge is 0.327 e. The normalized spacial score (nSPS) is 14.9. The first-order chi connectivity index (χ1) is 6.58. The Morgan fingerprint density at radius 3 is 2.64 bits per heavy atom. The van der Waals surface area contributed by atoms with Gasteiger partial charge in [0.25, 0.3) is 5.56 Å². The van der Waals surface area contributed by atoms with Crippen molar-refractivity contribution in [3.8, 4) is 0 Å². The molecule has 0 fully saturated rings. The molecule has 7 heteroatoms. The standard InChI is InChI=1S/C7H6N4O3/c8-3-1-2(12)4-5(9-3)10-7(14)11-6(4)13/h1H2,(H4,8,9,10,11,13,14). The number of nitrogens with two attached hydrogens (primary N) is 1. The molecule has 1 aliphatic heterocycles. The van der Waals surface area contributed by atoms with E-state index in [1.807, 2.05) is 4.98 Å². The number of hydrogen-bond acceptors (Lipinski definition) is 5. The van der Waals surface area contributed by atoms with Crippen LogP contribution in [0.1, 0.15) is 16.8 Å². The van der Waals surface area contributed by atoms with Crippen LogP contribution in [0, 0.1) is 0 Å². The number of nitrogens with zero attached hydrogens (tertiary/aromatic N) is 1. The molecule has 0 aliphatic carbocycles. The van der Waals surface area contributed by atoms with Gasteiger partial charge >= 0.3 is 5.69 Å². The lowest BCUT2D eigenvalue weighted by Gasteiger charge is -2.08. The first kappa shape index (κ1) is 8.42. The average molecular weight is 194 g/mol. The van der Waals surface area contributed by atoms with Crippen LogP contribution >= 0.6 is 0 Å². The van der Waals surface area contributed by atoms with E-state index in [4.69, 9.17) is 5.73 Å². The van der Waals surface area contributed by atoms with Gasteiger partial charge in [0.15, 0.2) is 11.6 Å². The molecule has 7 nitrogen and oxygen atoms in total. The van der Waals surface area contributed by atoms with Crippen LogP contribution in [0.2, 0.25) is 0 Å². The second-order valence-corrected chi connectivity index (χ2v) is 2.83. The molecule has 0 aromatic carbocycles. The minimum Gasteiger partial charge on any atom is -0.387 e. The molecular formula is C7H6N4O3. The van der Waals surface area contributed by atoms with Gasteiger partial charge in [0, 0.05) is 0 Å². The Morgan fingerprint density at radius 1 is 1.21 bits per heavy atom. The Morgan fingerprint density at radius 2 is 1.93 bits per heavy atom. The Labute approximate surface area is 76.7 Å². The van der Waals surface area contributed by atoms with Crippen LogP contribution in [-0.4, -0.2) is 21.6 Å². The summed E-state index contributed by atoms with van der Waals surface area (Å²) in [5, 5.41) is 0. The highest BCUT2D eigenvalue weighted by Crippen LogP contribution is 2.16. The third-order valence-electron chi connectivity index (χ3n) is 1.80. The molecule has 2 rings (SSSR count). The molecule has 0 saturated heterocycles. The molecule has 0 bridgehead atoms. The Hall–Kier alpha value is -2.18. The van der Waals surface area contributed by atoms with Crippen molar-refractivity contribution in [1.29, 1.82) is 0 Å². The lowest BCUT2D eigenvalue weighted by Crippen LogP contribution is -2.32. The van der Waals surface area contributed by atoms with E-state index in [-0.39, 0.29) is 23.6 Å². The number of rotatable bonds is 0. The summed E-state index contributed by atoms with van der Waals surface area (Å²) < 4.78 is 0. The molecule has 0 radical (unpaired) electrons. The fraction of sp³-hybridized carbons (Fsp3) is 0.143. The summed E-state index contributed by atoms with van der Waals surface area (Å²) >= 11 is 0. The highest BCUT2D eigenvalue weighted by atomic mass is 16.2. The van der Waals surface area contributed by atoms with Crippen LogP contribution in [0.3, 0.4) is 0 Å². The van der Waals surface area contributed by atoms with Crippen molar-refractivity contribution in [2.24, 2.45) is 10.7 Å². The van der Waals surface area contributed by atoms with E-state index in [0.717, 1.165) is 0 Å². The number of hydrogen-bond donors (Lipinski definition) is 3. The first-order valence-electron chi connectivity index (χ1n) is 3.81. The van der Waals surface area contributed by atoms with Crippen molar-refractivity contribution >= 4 is 17.4 Å². The van der Waals surface area contributed by atoms with Crippen molar-refractivity contribution in [3.63, 3.8) is 0 Å². The van der Waals surface area contributed by atoms with Gasteiger partial charge in [-0.05, 0) is 0 Å². The van der Waals surface area contributed by atoms with Crippen LogP contribution in [-0.2, 0) is 0 Å². The number of aliphatic imine (C=N–C) groups is 1. The number of aromatic nitrogens is 2. The van der Waals surface area contributed by atoms with Gasteiger partial charge in [0.1, 0.15) is 11.4 Å². The van der Waals surface area contributed by atoms with Gasteiger partial charge in [-0.25, -0.2) is 9.79 Å². The highest BCUT2D eigenvalue weighted by molar-refractivity contribution is 6.13. The molecule has 0 unspecified atom stereocenters. The van der Waals surface area contributed by atoms with Crippen molar-refractivity contribution in [1.82, 2.24) is 9.97 Å². The van der Waals surface area contributed by atoms with Gasteiger partial charge in [-0.2, -0.15) is 0 Å². The summed E-state index contributed by atoms with van der Waals surface area (Å²) in [5.41, 5.74) is 3.76. The van der Waals surface area contributed by atoms with Gasteiger partial charge in [-0.1, -0.05) is 0 Å². The number of amidine groups is 1. The fourth-order valence-electron chi connectivity index (χ4n) is 1.25. The average Bonchev–Trinajstić information content (AvgIpc) is 1.99. The van der Waals surface area contributed by atoms with Crippen LogP contribution in [0.5, 0.6) is 0 Å². The molecule has 14 heavy (non-hydrogen) atoms. The second kappa shape index (κ2) is 2.66. The molecular weight excluding hydrogens is 188 g/mol. The van der Waals surface area contributed by atoms with E-state index >= 15 is 0 Å². The molecule has 0 saturated carbocycles. The quantitative estimate of drug-likeness (QED) is 0.472. The lowest BCUT2D eigenvalue weighted by atomic mass is 10.1. The number of carbonyl (C=O) groups is 1. The fourth-order valence-corrected chi connectivity index (χ4v) is 1.25. The summed E-state index contributed by atoms with van der Waals surface area (Å²) in [6, 6.07) is 0. The van der Waals surface area contributed by atoms with Crippen molar-refractivity contribution in [3.05, 3.63) is 26.4 Å². The largest absolute Gasteiger partial charge is 0.387 e. The number of ketones is 1. The number of H-pyrrole nitrogens is 2. The molecule has 0 spiro atoms. The lowest BCUT2D eigenvalue weighted by molar-refractivity contribution is 0.0997. The second-order valence-electron chi connectivity index (χ2n) is 2.83. The molecule has 2 heterocycles. The van der Waals surface area contributed by atoms with E-state index in [2.05, 4.69) is 9.98 Å². The molecule has 72 valence electrons. The third-order valence-corrected chi connectivity index (χ3v) is 1.80. The zero-order valence-electron chi connectivity index (χ0n) is 6.96. The summed E-state index contributed by atoms with van der Waals surface area (Å²) in [7, 11) is 0. The van der Waals surface area contributed by atoms with Crippen LogP contribution in [0.15, 0.2) is 14.6 Å². The number of aromatic amines is 2. The van der Waals surface area contributed by atoms with Gasteiger partial charge in [-0.3, -0.25) is 19.6 Å². The predicted molar refractivity (Wildman–Crippen MR) is 47.9 cm³/mol. The van der Waals surface area contributed by atoms with Gasteiger partial charge < -0.3 is 5.73 Å². The summed E-state index contributed by atoms with van der Waals surface area (Å²) in [6.45, 7) is 0. The van der Waals surface area contributed by atoms with Crippen molar-refractivity contribution in [2.75, 3.05) is 0 Å². The van der Waals surface area contributed by atoms with Crippen molar-refractivity contribution in [2.45, 2.75) is 6.42 Å². The molecule has 4 N–H and O–H groups in total. The minimum absolute atomic E-state index is 0.0625. The Bertz CT molecular complexity index is 551. The van der Waals surface area contributed by atoms with Gasteiger partial charge in [-0.15, -0.1) is 0 Å². The molecule has 0 amide bonds. The number of Topliss-reactive ketones (excluding diaryl/α,β-unsaturated/α-hetero) is 1. The van der Waals surface area contributed by atoms with Crippen LogP contribution in [0.25, 0.3) is 0 Å². The van der Waals surface area contributed by atoms with Crippen LogP contribution in [0.4, 0.5) is 5.82 Å². The topological polar surface area (TPSA) is 121 Å². The van der Waals surface area contributed by atoms with E-state index in [9.17, 15) is 14.4 Å². The maximum atomic E-state index is 11.3. The zero-order valence-corrected chi connectivity index (χ0v) is 6.96. The van der Waals surface area contributed by atoms with E-state index in [1.54, 1.807) is 0 Å². The number of carbonyl (C=O) groups excluding carboxylic acids is 1. The number of nitrogens with one attached hydrogen (secondary N) is 2. The Balaban J connectivity index is 2.85. The van der Waals surface area contributed by atoms with E-state index < -0.39 is 17.0 Å². The number of fused-ring (bicyclic) bond motifs is 1. The van der Waals surface area contributed by atoms with Gasteiger partial charge in [0.2, 0.25) is 0 Å². The van der Waals surface area contributed by atoms with E-state index in [1.165, 1.54) is 0 Å². The monoisotopic (exact) mass is 194 g/mol. The molecule has 1 aliphatic rings. The SMILES string of the molecule is NC1=Nc2[nH]c(=O)[nH]c(=O)c2C(=O)C1. The van der Waals surface area contributed by atoms with Crippen molar-refractivity contribution < 1.29 is 4.79 Å². The predicted octanol–water partition coefficient (Wildman–Crippen LogP) is -1.36.